The van der Waals surface area contributed by atoms with Gasteiger partial charge in [-0.25, -0.2) is 4.79 Å². The van der Waals surface area contributed by atoms with E-state index >= 15 is 0 Å². The predicted molar refractivity (Wildman–Crippen MR) is 55.5 cm³/mol. The van der Waals surface area contributed by atoms with E-state index in [9.17, 15) is 4.79 Å². The van der Waals surface area contributed by atoms with E-state index < -0.39 is 18.3 Å². The average Bonchev–Trinajstić information content (AvgIpc) is 1.83. The van der Waals surface area contributed by atoms with Crippen molar-refractivity contribution in [3.05, 3.63) is 0 Å². The van der Waals surface area contributed by atoms with Crippen LogP contribution < -0.4 is 0 Å². The second kappa shape index (κ2) is 4.84. The maximum atomic E-state index is 11.1. The third-order valence-electron chi connectivity index (χ3n) is 1.06. The first-order valence-electron chi connectivity index (χ1n) is 3.63. The van der Waals surface area contributed by atoms with Crippen LogP contribution in [0.4, 0.5) is 0 Å². The number of alkyl halides is 3. The van der Waals surface area contributed by atoms with Gasteiger partial charge >= 0.3 is 14.5 Å². The van der Waals surface area contributed by atoms with Gasteiger partial charge in [0.2, 0.25) is 0 Å². The quantitative estimate of drug-likeness (QED) is 0.581. The molecular weight excluding hydrogens is 255 g/mol. The highest BCUT2D eigenvalue weighted by Crippen LogP contribution is 2.28. The van der Waals surface area contributed by atoms with Gasteiger partial charge in [0.25, 0.3) is 3.79 Å². The SMILES string of the molecule is CCO[Si](C)(C)OC(=O)C(Cl)(Cl)Cl. The van der Waals surface area contributed by atoms with E-state index in [-0.39, 0.29) is 0 Å². The van der Waals surface area contributed by atoms with Gasteiger partial charge in [0.1, 0.15) is 0 Å². The van der Waals surface area contributed by atoms with Gasteiger partial charge in [0.15, 0.2) is 0 Å². The lowest BCUT2D eigenvalue weighted by Gasteiger charge is -2.23. The van der Waals surface area contributed by atoms with E-state index in [0.29, 0.717) is 6.61 Å². The molecule has 0 atom stereocenters. The number of carbonyl (C=O) groups is 1. The Morgan fingerprint density at radius 3 is 2.15 bits per heavy atom. The average molecular weight is 266 g/mol. The van der Waals surface area contributed by atoms with Crippen LogP contribution >= 0.6 is 34.8 Å². The number of carbonyl (C=O) groups excluding carboxylic acids is 1. The van der Waals surface area contributed by atoms with Crippen LogP contribution in [0.2, 0.25) is 13.1 Å². The van der Waals surface area contributed by atoms with Crippen molar-refractivity contribution in [2.75, 3.05) is 6.61 Å². The predicted octanol–water partition coefficient (Wildman–Crippen LogP) is 2.64. The van der Waals surface area contributed by atoms with Crippen LogP contribution in [-0.2, 0) is 13.6 Å². The fraction of sp³-hybridized carbons (Fsp3) is 0.833. The summed E-state index contributed by atoms with van der Waals surface area (Å²) >= 11 is 15.9. The van der Waals surface area contributed by atoms with Crippen LogP contribution in [0.25, 0.3) is 0 Å². The summed E-state index contributed by atoms with van der Waals surface area (Å²) in [5.41, 5.74) is 0. The van der Waals surface area contributed by atoms with Crippen molar-refractivity contribution in [1.29, 1.82) is 0 Å². The first-order valence-corrected chi connectivity index (χ1v) is 7.58. The summed E-state index contributed by atoms with van der Waals surface area (Å²) < 4.78 is 8.11. The third-order valence-corrected chi connectivity index (χ3v) is 3.19. The summed E-state index contributed by atoms with van der Waals surface area (Å²) in [5, 5.41) is 0. The molecule has 0 amide bonds. The lowest BCUT2D eigenvalue weighted by atomic mass is 10.8. The van der Waals surface area contributed by atoms with E-state index in [1.807, 2.05) is 0 Å². The van der Waals surface area contributed by atoms with Crippen LogP contribution in [0.5, 0.6) is 0 Å². The van der Waals surface area contributed by atoms with Crippen molar-refractivity contribution in [3.63, 3.8) is 0 Å². The highest BCUT2D eigenvalue weighted by Gasteiger charge is 2.39. The summed E-state index contributed by atoms with van der Waals surface area (Å²) in [4.78, 5) is 11.1. The summed E-state index contributed by atoms with van der Waals surface area (Å²) in [7, 11) is -2.48. The number of hydrogen-bond donors (Lipinski definition) is 0. The van der Waals surface area contributed by atoms with E-state index in [0.717, 1.165) is 0 Å². The van der Waals surface area contributed by atoms with Crippen molar-refractivity contribution in [2.24, 2.45) is 0 Å². The van der Waals surface area contributed by atoms with Gasteiger partial charge in [-0.05, 0) is 20.0 Å². The standard InChI is InChI=1S/C6H11Cl3O3Si/c1-4-11-13(2,3)12-5(10)6(7,8)9/h4H2,1-3H3. The maximum absolute atomic E-state index is 11.1. The Morgan fingerprint density at radius 1 is 1.38 bits per heavy atom. The van der Waals surface area contributed by atoms with Gasteiger partial charge < -0.3 is 8.85 Å². The largest absolute Gasteiger partial charge is 0.491 e. The van der Waals surface area contributed by atoms with Crippen molar-refractivity contribution in [1.82, 2.24) is 0 Å². The molecule has 0 saturated heterocycles. The molecule has 0 aromatic rings. The summed E-state index contributed by atoms with van der Waals surface area (Å²) in [6.07, 6.45) is 0. The van der Waals surface area contributed by atoms with E-state index in [1.54, 1.807) is 20.0 Å². The van der Waals surface area contributed by atoms with Gasteiger partial charge in [-0.2, -0.15) is 0 Å². The highest BCUT2D eigenvalue weighted by atomic mass is 35.6. The van der Waals surface area contributed by atoms with Crippen LogP contribution in [0.3, 0.4) is 0 Å². The Bertz CT molecular complexity index is 190. The Labute approximate surface area is 93.5 Å². The molecule has 0 aromatic heterocycles. The summed E-state index contributed by atoms with van der Waals surface area (Å²) in [6, 6.07) is 0. The second-order valence-corrected chi connectivity index (χ2v) is 8.29. The molecule has 78 valence electrons. The number of hydrogen-bond acceptors (Lipinski definition) is 3. The van der Waals surface area contributed by atoms with Crippen molar-refractivity contribution < 1.29 is 13.6 Å². The van der Waals surface area contributed by atoms with Gasteiger partial charge in [0, 0.05) is 6.61 Å². The Hall–Kier alpha value is 0.517. The zero-order valence-corrected chi connectivity index (χ0v) is 10.8. The first kappa shape index (κ1) is 13.5. The fourth-order valence-corrected chi connectivity index (χ4v) is 2.32. The molecule has 0 unspecified atom stereocenters. The van der Waals surface area contributed by atoms with Crippen molar-refractivity contribution in [3.8, 4) is 0 Å². The van der Waals surface area contributed by atoms with Gasteiger partial charge in [0.05, 0.1) is 0 Å². The molecule has 0 N–H and O–H groups in total. The Morgan fingerprint density at radius 2 is 1.85 bits per heavy atom. The molecular formula is C6H11Cl3O3Si. The zero-order valence-electron chi connectivity index (χ0n) is 7.57. The molecule has 0 aliphatic rings. The molecule has 0 aliphatic heterocycles. The minimum atomic E-state index is -2.48. The fourth-order valence-electron chi connectivity index (χ4n) is 0.658. The molecule has 0 saturated carbocycles. The molecule has 0 heterocycles. The Balaban J connectivity index is 4.20. The summed E-state index contributed by atoms with van der Waals surface area (Å²) in [6.45, 7) is 5.67. The van der Waals surface area contributed by atoms with Crippen LogP contribution in [0.1, 0.15) is 6.92 Å². The third kappa shape index (κ3) is 5.75. The first-order chi connectivity index (χ1) is 5.69. The lowest BCUT2D eigenvalue weighted by Crippen LogP contribution is -2.40. The van der Waals surface area contributed by atoms with Gasteiger partial charge in [-0.3, -0.25) is 0 Å². The Kier molecular flexibility index (Phi) is 5.03. The molecule has 7 heteroatoms. The van der Waals surface area contributed by atoms with E-state index in [1.165, 1.54) is 0 Å². The lowest BCUT2D eigenvalue weighted by molar-refractivity contribution is -0.135. The van der Waals surface area contributed by atoms with Crippen molar-refractivity contribution in [2.45, 2.75) is 23.8 Å². The van der Waals surface area contributed by atoms with Crippen molar-refractivity contribution >= 4 is 49.3 Å². The smallest absolute Gasteiger partial charge is 0.395 e. The molecule has 0 aromatic carbocycles. The molecule has 0 fully saturated rings. The molecule has 0 bridgehead atoms. The van der Waals surface area contributed by atoms with Gasteiger partial charge in [-0.15, -0.1) is 0 Å². The van der Waals surface area contributed by atoms with Crippen LogP contribution in [0.15, 0.2) is 0 Å². The van der Waals surface area contributed by atoms with E-state index in [4.69, 9.17) is 43.7 Å². The number of halogens is 3. The van der Waals surface area contributed by atoms with E-state index in [2.05, 4.69) is 0 Å². The highest BCUT2D eigenvalue weighted by molar-refractivity contribution is 6.77. The topological polar surface area (TPSA) is 35.5 Å². The summed E-state index contributed by atoms with van der Waals surface area (Å²) in [5.74, 6) is -0.886. The second-order valence-electron chi connectivity index (χ2n) is 2.72. The molecule has 3 nitrogen and oxygen atoms in total. The molecule has 13 heavy (non-hydrogen) atoms. The molecule has 0 rings (SSSR count). The molecule has 0 aliphatic carbocycles. The minimum Gasteiger partial charge on any atom is -0.491 e. The monoisotopic (exact) mass is 264 g/mol. The zero-order chi connectivity index (χ0) is 10.7. The van der Waals surface area contributed by atoms with Crippen LogP contribution in [0, 0.1) is 0 Å². The normalized spacial score (nSPS) is 12.8. The maximum Gasteiger partial charge on any atom is 0.395 e. The molecule has 0 radical (unpaired) electrons. The number of rotatable bonds is 3. The van der Waals surface area contributed by atoms with Crippen LogP contribution in [-0.4, -0.2) is 24.9 Å². The molecule has 0 spiro atoms. The minimum absolute atomic E-state index is 0.465. The van der Waals surface area contributed by atoms with Gasteiger partial charge in [-0.1, -0.05) is 34.8 Å².